The molecule has 0 atom stereocenters. The maximum absolute atomic E-state index is 12.3. The second kappa shape index (κ2) is 8.49. The van der Waals surface area contributed by atoms with Gasteiger partial charge < -0.3 is 14.8 Å². The Labute approximate surface area is 146 Å². The molecule has 0 saturated carbocycles. The Hall–Kier alpha value is -3.34. The van der Waals surface area contributed by atoms with E-state index in [-0.39, 0.29) is 11.7 Å². The van der Waals surface area contributed by atoms with Gasteiger partial charge >= 0.3 is 0 Å². The third-order valence-corrected chi connectivity index (χ3v) is 3.47. The first kappa shape index (κ1) is 18.0. The van der Waals surface area contributed by atoms with Crippen LogP contribution in [0, 0.1) is 0 Å². The van der Waals surface area contributed by atoms with Gasteiger partial charge in [0.25, 0.3) is 0 Å². The summed E-state index contributed by atoms with van der Waals surface area (Å²) in [6.07, 6.45) is 4.33. The van der Waals surface area contributed by atoms with Gasteiger partial charge in [-0.05, 0) is 48.6 Å². The molecule has 25 heavy (non-hydrogen) atoms. The van der Waals surface area contributed by atoms with E-state index in [1.165, 1.54) is 12.2 Å². The van der Waals surface area contributed by atoms with Gasteiger partial charge in [-0.25, -0.2) is 0 Å². The fraction of sp³-hybridized carbons (Fsp3) is 0.100. The number of amides is 1. The number of carbonyl (C=O) groups excluding carboxylic acids is 2. The number of carbonyl (C=O) groups is 2. The lowest BCUT2D eigenvalue weighted by Crippen LogP contribution is -2.07. The molecule has 1 amide bonds. The van der Waals surface area contributed by atoms with Gasteiger partial charge in [-0.3, -0.25) is 9.59 Å². The van der Waals surface area contributed by atoms with Gasteiger partial charge in [-0.15, -0.1) is 0 Å². The van der Waals surface area contributed by atoms with E-state index in [2.05, 4.69) is 11.9 Å². The average Bonchev–Trinajstić information content (AvgIpc) is 2.65. The monoisotopic (exact) mass is 337 g/mol. The van der Waals surface area contributed by atoms with E-state index >= 15 is 0 Å². The van der Waals surface area contributed by atoms with Crippen LogP contribution in [0.4, 0.5) is 5.69 Å². The lowest BCUT2D eigenvalue weighted by atomic mass is 10.1. The molecule has 5 nitrogen and oxygen atoms in total. The van der Waals surface area contributed by atoms with Crippen molar-refractivity contribution in [3.8, 4) is 11.5 Å². The first-order valence-electron chi connectivity index (χ1n) is 7.56. The Morgan fingerprint density at radius 2 is 1.76 bits per heavy atom. The molecule has 0 saturated heterocycles. The number of ketones is 1. The highest BCUT2D eigenvalue weighted by Crippen LogP contribution is 2.31. The third-order valence-electron chi connectivity index (χ3n) is 3.47. The zero-order chi connectivity index (χ0) is 18.2. The van der Waals surface area contributed by atoms with E-state index in [0.717, 1.165) is 5.56 Å². The molecule has 2 rings (SSSR count). The summed E-state index contributed by atoms with van der Waals surface area (Å²) in [4.78, 5) is 23.5. The maximum Gasteiger partial charge on any atom is 0.247 e. The number of para-hydroxylation sites is 1. The Morgan fingerprint density at radius 3 is 2.36 bits per heavy atom. The normalized spacial score (nSPS) is 10.3. The summed E-state index contributed by atoms with van der Waals surface area (Å²) in [5, 5.41) is 2.63. The highest BCUT2D eigenvalue weighted by Gasteiger charge is 2.08. The number of hydrogen-bond donors (Lipinski definition) is 1. The number of nitrogens with one attached hydrogen (secondary N) is 1. The van der Waals surface area contributed by atoms with Gasteiger partial charge in [0.15, 0.2) is 17.3 Å². The molecule has 0 heterocycles. The van der Waals surface area contributed by atoms with E-state index < -0.39 is 0 Å². The van der Waals surface area contributed by atoms with Crippen molar-refractivity contribution in [1.29, 1.82) is 0 Å². The summed E-state index contributed by atoms with van der Waals surface area (Å²) >= 11 is 0. The van der Waals surface area contributed by atoms with Crippen LogP contribution < -0.4 is 14.8 Å². The lowest BCUT2D eigenvalue weighted by molar-refractivity contribution is -0.111. The van der Waals surface area contributed by atoms with Crippen molar-refractivity contribution in [2.24, 2.45) is 0 Å². The molecule has 1 N–H and O–H groups in total. The molecule has 2 aromatic rings. The zero-order valence-electron chi connectivity index (χ0n) is 14.1. The van der Waals surface area contributed by atoms with Gasteiger partial charge in [-0.1, -0.05) is 18.7 Å². The van der Waals surface area contributed by atoms with Crippen molar-refractivity contribution in [2.75, 3.05) is 19.5 Å². The number of anilines is 1. The molecule has 0 aliphatic carbocycles. The van der Waals surface area contributed by atoms with Gasteiger partial charge in [0.1, 0.15) is 0 Å². The van der Waals surface area contributed by atoms with Crippen LogP contribution in [0.3, 0.4) is 0 Å². The van der Waals surface area contributed by atoms with Crippen molar-refractivity contribution >= 4 is 23.5 Å². The van der Waals surface area contributed by atoms with E-state index in [0.29, 0.717) is 22.7 Å². The summed E-state index contributed by atoms with van der Waals surface area (Å²) in [5.41, 5.74) is 1.85. The number of allylic oxidation sites excluding steroid dienone is 1. The summed E-state index contributed by atoms with van der Waals surface area (Å²) in [7, 11) is 3.11. The predicted molar refractivity (Wildman–Crippen MR) is 98.2 cm³/mol. The second-order valence-electron chi connectivity index (χ2n) is 5.05. The molecule has 0 aliphatic heterocycles. The number of methoxy groups -OCH3 is 2. The smallest absolute Gasteiger partial charge is 0.247 e. The van der Waals surface area contributed by atoms with Crippen LogP contribution in [0.15, 0.2) is 61.2 Å². The molecule has 0 aliphatic rings. The summed E-state index contributed by atoms with van der Waals surface area (Å²) in [5.74, 6) is 0.700. The molecule has 0 aromatic heterocycles. The lowest BCUT2D eigenvalue weighted by Gasteiger charge is -2.09. The summed E-state index contributed by atoms with van der Waals surface area (Å²) in [6, 6.07) is 12.1. The van der Waals surface area contributed by atoms with Crippen molar-refractivity contribution in [3.05, 3.63) is 72.3 Å². The van der Waals surface area contributed by atoms with Crippen LogP contribution in [0.2, 0.25) is 0 Å². The number of benzene rings is 2. The van der Waals surface area contributed by atoms with Crippen LogP contribution in [-0.2, 0) is 4.79 Å². The Balaban J connectivity index is 2.15. The quantitative estimate of drug-likeness (QED) is 0.618. The average molecular weight is 337 g/mol. The Bertz CT molecular complexity index is 807. The van der Waals surface area contributed by atoms with Crippen molar-refractivity contribution in [2.45, 2.75) is 0 Å². The molecule has 0 radical (unpaired) electrons. The van der Waals surface area contributed by atoms with Crippen LogP contribution >= 0.6 is 0 Å². The molecular formula is C20H19NO4. The van der Waals surface area contributed by atoms with E-state index in [4.69, 9.17) is 9.47 Å². The zero-order valence-corrected chi connectivity index (χ0v) is 14.1. The van der Waals surface area contributed by atoms with E-state index in [1.807, 2.05) is 12.1 Å². The third kappa shape index (κ3) is 4.57. The minimum absolute atomic E-state index is 0.161. The van der Waals surface area contributed by atoms with Gasteiger partial charge in [0.05, 0.1) is 14.2 Å². The molecule has 128 valence electrons. The molecule has 5 heteroatoms. The van der Waals surface area contributed by atoms with E-state index in [9.17, 15) is 9.59 Å². The van der Waals surface area contributed by atoms with Gasteiger partial charge in [0.2, 0.25) is 5.91 Å². The topological polar surface area (TPSA) is 64.6 Å². The van der Waals surface area contributed by atoms with Gasteiger partial charge in [0, 0.05) is 16.8 Å². The second-order valence-corrected chi connectivity index (χ2v) is 5.05. The highest BCUT2D eigenvalue weighted by molar-refractivity contribution is 6.07. The van der Waals surface area contributed by atoms with Crippen molar-refractivity contribution in [1.82, 2.24) is 0 Å². The van der Waals surface area contributed by atoms with Gasteiger partial charge in [-0.2, -0.15) is 0 Å². The number of rotatable bonds is 7. The summed E-state index contributed by atoms with van der Waals surface area (Å²) < 4.78 is 10.6. The Morgan fingerprint density at radius 1 is 1.04 bits per heavy atom. The molecular weight excluding hydrogens is 318 g/mol. The van der Waals surface area contributed by atoms with Crippen LogP contribution in [0.1, 0.15) is 15.9 Å². The SMILES string of the molecule is C=CC(=O)Nc1ccc(C(=O)/C=C/c2cccc(OC)c2OC)cc1. The summed E-state index contributed by atoms with van der Waals surface area (Å²) in [6.45, 7) is 3.39. The standard InChI is InChI=1S/C20H19NO4/c1-4-19(23)21-16-11-8-14(9-12-16)17(22)13-10-15-6-5-7-18(24-2)20(15)25-3/h4-13H,1H2,2-3H3,(H,21,23)/b13-10+. The van der Waals surface area contributed by atoms with E-state index in [1.54, 1.807) is 50.6 Å². The largest absolute Gasteiger partial charge is 0.493 e. The van der Waals surface area contributed by atoms with Crippen LogP contribution in [0.5, 0.6) is 11.5 Å². The molecule has 2 aromatic carbocycles. The van der Waals surface area contributed by atoms with Crippen molar-refractivity contribution < 1.29 is 19.1 Å². The number of ether oxygens (including phenoxy) is 2. The maximum atomic E-state index is 12.3. The van der Waals surface area contributed by atoms with Crippen LogP contribution in [0.25, 0.3) is 6.08 Å². The molecule has 0 unspecified atom stereocenters. The minimum Gasteiger partial charge on any atom is -0.493 e. The fourth-order valence-corrected chi connectivity index (χ4v) is 2.22. The van der Waals surface area contributed by atoms with Crippen LogP contribution in [-0.4, -0.2) is 25.9 Å². The molecule has 0 bridgehead atoms. The fourth-order valence-electron chi connectivity index (χ4n) is 2.22. The minimum atomic E-state index is -0.302. The number of hydrogen-bond acceptors (Lipinski definition) is 4. The van der Waals surface area contributed by atoms with Crippen molar-refractivity contribution in [3.63, 3.8) is 0 Å². The predicted octanol–water partition coefficient (Wildman–Crippen LogP) is 3.72. The molecule has 0 fully saturated rings. The molecule has 0 spiro atoms. The first-order valence-corrected chi connectivity index (χ1v) is 7.56. The Kier molecular flexibility index (Phi) is 6.12. The first-order chi connectivity index (χ1) is 12.1. The highest BCUT2D eigenvalue weighted by atomic mass is 16.5.